The maximum absolute atomic E-state index is 13.0. The molecule has 1 aliphatic carbocycles. The number of H-pyrrole nitrogens is 1. The Morgan fingerprint density at radius 3 is 2.78 bits per heavy atom. The molecular weight excluding hydrogens is 420 g/mol. The van der Waals surface area contributed by atoms with Crippen LogP contribution in [-0.2, 0) is 19.6 Å². The van der Waals surface area contributed by atoms with Crippen molar-refractivity contribution in [3.05, 3.63) is 73.5 Å². The summed E-state index contributed by atoms with van der Waals surface area (Å²) in [5.41, 5.74) is 3.96. The van der Waals surface area contributed by atoms with Crippen molar-refractivity contribution in [3.63, 3.8) is 0 Å². The summed E-state index contributed by atoms with van der Waals surface area (Å²) in [4.78, 5) is 19.6. The van der Waals surface area contributed by atoms with Gasteiger partial charge in [0.05, 0.1) is 18.1 Å². The molecule has 0 unspecified atom stereocenters. The van der Waals surface area contributed by atoms with Crippen molar-refractivity contribution in [1.82, 2.24) is 30.1 Å². The Bertz CT molecular complexity index is 1270. The Hall–Kier alpha value is -2.84. The van der Waals surface area contributed by atoms with E-state index in [2.05, 4.69) is 68.9 Å². The highest BCUT2D eigenvalue weighted by atomic mass is 32.1. The van der Waals surface area contributed by atoms with Crippen LogP contribution in [0.25, 0.3) is 10.9 Å². The summed E-state index contributed by atoms with van der Waals surface area (Å²) >= 11 is 1.73. The monoisotopic (exact) mass is 448 g/mol. The van der Waals surface area contributed by atoms with Crippen molar-refractivity contribution >= 4 is 22.2 Å². The van der Waals surface area contributed by atoms with Gasteiger partial charge in [0.25, 0.3) is 5.56 Å². The maximum atomic E-state index is 13.0. The summed E-state index contributed by atoms with van der Waals surface area (Å²) in [5.74, 6) is 0.872. The largest absolute Gasteiger partial charge is 0.321 e. The molecule has 0 radical (unpaired) electrons. The fourth-order valence-corrected chi connectivity index (χ4v) is 5.41. The standard InChI is InChI=1S/C24H28N6OS/c1-16-9-10-18-12-19(24(31)25-23(18)17(16)2)13-29(14-21-8-5-11-32-21)15-22-26-27-28-30(22)20-6-3-4-7-20/h5,8-12,20H,3-4,6-7,13-15H2,1-2H3,(H,25,31). The summed E-state index contributed by atoms with van der Waals surface area (Å²) in [6, 6.07) is 10.8. The molecule has 0 saturated heterocycles. The van der Waals surface area contributed by atoms with Crippen molar-refractivity contribution in [3.8, 4) is 0 Å². The minimum absolute atomic E-state index is 0.0298. The van der Waals surface area contributed by atoms with Crippen LogP contribution in [0.5, 0.6) is 0 Å². The zero-order chi connectivity index (χ0) is 22.1. The number of aromatic amines is 1. The maximum Gasteiger partial charge on any atom is 0.252 e. The second-order valence-electron chi connectivity index (χ2n) is 8.80. The number of rotatable bonds is 7. The molecule has 32 heavy (non-hydrogen) atoms. The SMILES string of the molecule is Cc1ccc2cc(CN(Cc3cccs3)Cc3nnnn3C3CCCC3)c(=O)[nH]c2c1C. The average Bonchev–Trinajstić information content (AvgIpc) is 3.55. The van der Waals surface area contributed by atoms with Gasteiger partial charge in [0.1, 0.15) is 0 Å². The lowest BCUT2D eigenvalue weighted by molar-refractivity contribution is 0.234. The lowest BCUT2D eigenvalue weighted by Gasteiger charge is -2.22. The van der Waals surface area contributed by atoms with E-state index in [1.807, 2.05) is 10.7 Å². The second kappa shape index (κ2) is 8.96. The molecule has 1 saturated carbocycles. The smallest absolute Gasteiger partial charge is 0.252 e. The quantitative estimate of drug-likeness (QED) is 0.450. The van der Waals surface area contributed by atoms with Gasteiger partial charge >= 0.3 is 0 Å². The van der Waals surface area contributed by atoms with Crippen LogP contribution in [0, 0.1) is 13.8 Å². The summed E-state index contributed by atoms with van der Waals surface area (Å²) < 4.78 is 2.01. The minimum Gasteiger partial charge on any atom is -0.321 e. The molecule has 1 fully saturated rings. The van der Waals surface area contributed by atoms with E-state index < -0.39 is 0 Å². The first kappa shape index (κ1) is 21.0. The molecule has 0 atom stereocenters. The average molecular weight is 449 g/mol. The predicted octanol–water partition coefficient (Wildman–Crippen LogP) is 4.51. The Labute approximate surface area is 191 Å². The van der Waals surface area contributed by atoms with Crippen LogP contribution in [0.4, 0.5) is 0 Å². The molecule has 7 nitrogen and oxygen atoms in total. The molecule has 1 aromatic carbocycles. The Balaban J connectivity index is 1.45. The number of benzene rings is 1. The van der Waals surface area contributed by atoms with E-state index in [9.17, 15) is 4.79 Å². The van der Waals surface area contributed by atoms with E-state index in [1.165, 1.54) is 23.3 Å². The molecular formula is C24H28N6OS. The van der Waals surface area contributed by atoms with Crippen molar-refractivity contribution in [2.24, 2.45) is 0 Å². The number of thiophene rings is 1. The van der Waals surface area contributed by atoms with Gasteiger partial charge in [0, 0.05) is 23.5 Å². The van der Waals surface area contributed by atoms with Gasteiger partial charge in [-0.1, -0.05) is 31.0 Å². The summed E-state index contributed by atoms with van der Waals surface area (Å²) in [6.45, 7) is 6.01. The molecule has 0 spiro atoms. The number of pyridine rings is 1. The Morgan fingerprint density at radius 2 is 2.00 bits per heavy atom. The molecule has 3 heterocycles. The predicted molar refractivity (Wildman–Crippen MR) is 127 cm³/mol. The molecule has 5 rings (SSSR count). The fourth-order valence-electron chi connectivity index (χ4n) is 4.67. The van der Waals surface area contributed by atoms with Crippen molar-refractivity contribution < 1.29 is 0 Å². The van der Waals surface area contributed by atoms with Gasteiger partial charge < -0.3 is 4.98 Å². The van der Waals surface area contributed by atoms with Gasteiger partial charge in [-0.25, -0.2) is 4.68 Å². The van der Waals surface area contributed by atoms with E-state index >= 15 is 0 Å². The van der Waals surface area contributed by atoms with Gasteiger partial charge in [-0.2, -0.15) is 0 Å². The highest BCUT2D eigenvalue weighted by Gasteiger charge is 2.23. The van der Waals surface area contributed by atoms with Gasteiger partial charge in [-0.15, -0.1) is 16.4 Å². The van der Waals surface area contributed by atoms with Crippen LogP contribution >= 0.6 is 11.3 Å². The first-order chi connectivity index (χ1) is 15.6. The Kier molecular flexibility index (Phi) is 5.89. The van der Waals surface area contributed by atoms with E-state index in [0.29, 0.717) is 19.1 Å². The van der Waals surface area contributed by atoms with Crippen molar-refractivity contribution in [2.75, 3.05) is 0 Å². The number of tetrazole rings is 1. The molecule has 0 amide bonds. The summed E-state index contributed by atoms with van der Waals surface area (Å²) in [6.07, 6.45) is 4.72. The molecule has 0 aliphatic heterocycles. The highest BCUT2D eigenvalue weighted by molar-refractivity contribution is 7.09. The van der Waals surface area contributed by atoms with Gasteiger partial charge in [-0.3, -0.25) is 9.69 Å². The first-order valence-electron chi connectivity index (χ1n) is 11.2. The van der Waals surface area contributed by atoms with Crippen LogP contribution < -0.4 is 5.56 Å². The lowest BCUT2D eigenvalue weighted by atomic mass is 10.0. The van der Waals surface area contributed by atoms with E-state index in [4.69, 9.17) is 0 Å². The lowest BCUT2D eigenvalue weighted by Crippen LogP contribution is -2.28. The van der Waals surface area contributed by atoms with E-state index in [1.54, 1.807) is 11.3 Å². The van der Waals surface area contributed by atoms with E-state index in [0.717, 1.165) is 47.2 Å². The fraction of sp³-hybridized carbons (Fsp3) is 0.417. The topological polar surface area (TPSA) is 79.7 Å². The van der Waals surface area contributed by atoms with Gasteiger partial charge in [0.15, 0.2) is 5.82 Å². The number of hydrogen-bond donors (Lipinski definition) is 1. The normalized spacial score (nSPS) is 14.7. The number of aromatic nitrogens is 5. The van der Waals surface area contributed by atoms with Crippen LogP contribution in [-0.4, -0.2) is 30.1 Å². The second-order valence-corrected chi connectivity index (χ2v) is 9.83. The van der Waals surface area contributed by atoms with Crippen molar-refractivity contribution in [1.29, 1.82) is 0 Å². The molecule has 1 aliphatic rings. The zero-order valence-corrected chi connectivity index (χ0v) is 19.4. The van der Waals surface area contributed by atoms with Crippen LogP contribution in [0.1, 0.15) is 59.1 Å². The molecule has 3 aromatic heterocycles. The third kappa shape index (κ3) is 4.25. The summed E-state index contributed by atoms with van der Waals surface area (Å²) in [5, 5.41) is 15.8. The van der Waals surface area contributed by atoms with Gasteiger partial charge in [-0.05, 0) is 71.1 Å². The van der Waals surface area contributed by atoms with Crippen LogP contribution in [0.3, 0.4) is 0 Å². The van der Waals surface area contributed by atoms with Crippen LogP contribution in [0.2, 0.25) is 0 Å². The van der Waals surface area contributed by atoms with Gasteiger partial charge in [0.2, 0.25) is 0 Å². The number of nitrogens with zero attached hydrogens (tertiary/aromatic N) is 5. The third-order valence-electron chi connectivity index (χ3n) is 6.58. The molecule has 4 aromatic rings. The number of fused-ring (bicyclic) bond motifs is 1. The number of hydrogen-bond acceptors (Lipinski definition) is 6. The third-order valence-corrected chi connectivity index (χ3v) is 7.44. The zero-order valence-electron chi connectivity index (χ0n) is 18.5. The first-order valence-corrected chi connectivity index (χ1v) is 12.1. The summed E-state index contributed by atoms with van der Waals surface area (Å²) in [7, 11) is 0. The molecule has 1 N–H and O–H groups in total. The molecule has 0 bridgehead atoms. The van der Waals surface area contributed by atoms with Crippen molar-refractivity contribution in [2.45, 2.75) is 65.2 Å². The number of aryl methyl sites for hydroxylation is 2. The molecule has 166 valence electrons. The minimum atomic E-state index is -0.0298. The number of nitrogens with one attached hydrogen (secondary N) is 1. The van der Waals surface area contributed by atoms with Crippen LogP contribution in [0.15, 0.2) is 40.5 Å². The highest BCUT2D eigenvalue weighted by Crippen LogP contribution is 2.29. The molecule has 8 heteroatoms. The Morgan fingerprint density at radius 1 is 1.16 bits per heavy atom. The van der Waals surface area contributed by atoms with E-state index in [-0.39, 0.29) is 5.56 Å².